The van der Waals surface area contributed by atoms with E-state index in [9.17, 15) is 0 Å². The van der Waals surface area contributed by atoms with Gasteiger partial charge in [-0.15, -0.1) is 0 Å². The topological polar surface area (TPSA) is 46.6 Å². The van der Waals surface area contributed by atoms with Gasteiger partial charge in [0.2, 0.25) is 0 Å². The number of hydrogen-bond acceptors (Lipinski definition) is 3. The lowest BCUT2D eigenvalue weighted by atomic mass is 9.99. The first-order valence-electron chi connectivity index (χ1n) is 7.32. The van der Waals surface area contributed by atoms with Gasteiger partial charge in [0, 0.05) is 31.2 Å². The number of aromatic nitrogens is 2. The van der Waals surface area contributed by atoms with Crippen molar-refractivity contribution in [2.75, 3.05) is 11.9 Å². The van der Waals surface area contributed by atoms with Gasteiger partial charge in [0.1, 0.15) is 5.65 Å². The Morgan fingerprint density at radius 1 is 1.40 bits per heavy atom. The summed E-state index contributed by atoms with van der Waals surface area (Å²) in [5.41, 5.74) is 8.28. The summed E-state index contributed by atoms with van der Waals surface area (Å²) in [6.45, 7) is 8.73. The van der Waals surface area contributed by atoms with Crippen LogP contribution in [-0.4, -0.2) is 28.0 Å². The maximum Gasteiger partial charge on any atom is 0.151 e. The maximum atomic E-state index is 6.03. The molecule has 0 aromatic carbocycles. The van der Waals surface area contributed by atoms with Gasteiger partial charge in [0.25, 0.3) is 0 Å². The smallest absolute Gasteiger partial charge is 0.151 e. The van der Waals surface area contributed by atoms with Crippen molar-refractivity contribution in [1.82, 2.24) is 9.38 Å². The van der Waals surface area contributed by atoms with Crippen molar-refractivity contribution in [3.8, 4) is 0 Å². The van der Waals surface area contributed by atoms with Crippen LogP contribution in [0.15, 0.2) is 24.4 Å². The van der Waals surface area contributed by atoms with E-state index in [1.807, 2.05) is 25.1 Å². The first kappa shape index (κ1) is 14.9. The molecule has 0 radical (unpaired) electrons. The Labute approximate surface area is 121 Å². The molecule has 4 nitrogen and oxygen atoms in total. The van der Waals surface area contributed by atoms with E-state index >= 15 is 0 Å². The van der Waals surface area contributed by atoms with E-state index in [1.54, 1.807) is 0 Å². The molecule has 2 aromatic rings. The summed E-state index contributed by atoms with van der Waals surface area (Å²) < 4.78 is 2.15. The molecule has 2 N–H and O–H groups in total. The van der Waals surface area contributed by atoms with Crippen LogP contribution < -0.4 is 10.6 Å². The van der Waals surface area contributed by atoms with Gasteiger partial charge >= 0.3 is 0 Å². The summed E-state index contributed by atoms with van der Waals surface area (Å²) in [7, 11) is 2.12. The van der Waals surface area contributed by atoms with Crippen molar-refractivity contribution in [2.24, 2.45) is 5.73 Å². The minimum atomic E-state index is 0.0739. The van der Waals surface area contributed by atoms with Crippen LogP contribution in [0.2, 0.25) is 0 Å². The summed E-state index contributed by atoms with van der Waals surface area (Å²) >= 11 is 0. The van der Waals surface area contributed by atoms with Gasteiger partial charge in [-0.3, -0.25) is 0 Å². The molecule has 110 valence electrons. The molecule has 4 heteroatoms. The lowest BCUT2D eigenvalue weighted by Gasteiger charge is -2.36. The van der Waals surface area contributed by atoms with Crippen molar-refractivity contribution < 1.29 is 0 Å². The van der Waals surface area contributed by atoms with Gasteiger partial charge in [-0.2, -0.15) is 0 Å². The van der Waals surface area contributed by atoms with Crippen molar-refractivity contribution >= 4 is 11.5 Å². The van der Waals surface area contributed by atoms with Crippen LogP contribution in [0.5, 0.6) is 0 Å². The molecule has 1 unspecified atom stereocenters. The Bertz CT molecular complexity index is 583. The zero-order valence-electron chi connectivity index (χ0n) is 13.2. The van der Waals surface area contributed by atoms with Gasteiger partial charge in [0.15, 0.2) is 5.82 Å². The standard InChI is InChI=1S/C16H26N4/c1-6-16(3,4)19(5)15-13(11-12(2)17)20-10-8-7-9-14(20)18-15/h7-10,12H,6,11,17H2,1-5H3. The molecular weight excluding hydrogens is 248 g/mol. The summed E-state index contributed by atoms with van der Waals surface area (Å²) in [6, 6.07) is 6.22. The minimum absolute atomic E-state index is 0.0739. The van der Waals surface area contributed by atoms with Crippen LogP contribution >= 0.6 is 0 Å². The van der Waals surface area contributed by atoms with Crippen LogP contribution in [-0.2, 0) is 6.42 Å². The largest absolute Gasteiger partial charge is 0.353 e. The molecule has 20 heavy (non-hydrogen) atoms. The zero-order valence-corrected chi connectivity index (χ0v) is 13.2. The molecule has 2 aromatic heterocycles. The van der Waals surface area contributed by atoms with Gasteiger partial charge in [-0.1, -0.05) is 13.0 Å². The molecule has 0 saturated heterocycles. The molecule has 0 aliphatic rings. The number of nitrogens with zero attached hydrogens (tertiary/aromatic N) is 3. The predicted molar refractivity (Wildman–Crippen MR) is 85.3 cm³/mol. The van der Waals surface area contributed by atoms with Crippen molar-refractivity contribution in [3.63, 3.8) is 0 Å². The fourth-order valence-corrected chi connectivity index (χ4v) is 2.32. The van der Waals surface area contributed by atoms with E-state index in [0.717, 1.165) is 24.3 Å². The third-order valence-corrected chi connectivity index (χ3v) is 4.21. The van der Waals surface area contributed by atoms with E-state index in [0.29, 0.717) is 0 Å². The molecule has 1 atom stereocenters. The van der Waals surface area contributed by atoms with Crippen LogP contribution in [0.3, 0.4) is 0 Å². The van der Waals surface area contributed by atoms with Crippen molar-refractivity contribution in [2.45, 2.75) is 52.1 Å². The first-order chi connectivity index (χ1) is 9.36. The van der Waals surface area contributed by atoms with Gasteiger partial charge < -0.3 is 15.0 Å². The number of imidazole rings is 1. The quantitative estimate of drug-likeness (QED) is 0.912. The lowest BCUT2D eigenvalue weighted by molar-refractivity contribution is 0.466. The minimum Gasteiger partial charge on any atom is -0.353 e. The molecule has 0 fully saturated rings. The van der Waals surface area contributed by atoms with Crippen molar-refractivity contribution in [3.05, 3.63) is 30.1 Å². The first-order valence-corrected chi connectivity index (χ1v) is 7.32. The molecule has 2 heterocycles. The number of fused-ring (bicyclic) bond motifs is 1. The van der Waals surface area contributed by atoms with E-state index in [1.165, 1.54) is 5.69 Å². The van der Waals surface area contributed by atoms with Crippen LogP contribution in [0.25, 0.3) is 5.65 Å². The number of nitrogens with two attached hydrogens (primary N) is 1. The Kier molecular flexibility index (Phi) is 4.04. The predicted octanol–water partition coefficient (Wildman–Crippen LogP) is 2.85. The average Bonchev–Trinajstić information content (AvgIpc) is 2.76. The lowest BCUT2D eigenvalue weighted by Crippen LogP contribution is -2.41. The average molecular weight is 274 g/mol. The second-order valence-corrected chi connectivity index (χ2v) is 6.22. The Morgan fingerprint density at radius 3 is 2.70 bits per heavy atom. The summed E-state index contributed by atoms with van der Waals surface area (Å²) in [4.78, 5) is 7.09. The molecule has 0 aliphatic carbocycles. The highest BCUT2D eigenvalue weighted by Gasteiger charge is 2.26. The number of pyridine rings is 1. The number of hydrogen-bond donors (Lipinski definition) is 1. The maximum absolute atomic E-state index is 6.03. The molecule has 2 rings (SSSR count). The molecule has 0 aliphatic heterocycles. The summed E-state index contributed by atoms with van der Waals surface area (Å²) in [5.74, 6) is 1.04. The van der Waals surface area contributed by atoms with E-state index in [4.69, 9.17) is 10.7 Å². The highest BCUT2D eigenvalue weighted by Crippen LogP contribution is 2.28. The van der Waals surface area contributed by atoms with Gasteiger partial charge in [0.05, 0.1) is 5.69 Å². The fraction of sp³-hybridized carbons (Fsp3) is 0.562. The fourth-order valence-electron chi connectivity index (χ4n) is 2.32. The van der Waals surface area contributed by atoms with Crippen molar-refractivity contribution in [1.29, 1.82) is 0 Å². The Balaban J connectivity index is 2.56. The van der Waals surface area contributed by atoms with Crippen LogP contribution in [0, 0.1) is 0 Å². The SMILES string of the molecule is CCC(C)(C)N(C)c1nc2ccccn2c1CC(C)N. The molecule has 0 amide bonds. The zero-order chi connectivity index (χ0) is 14.9. The number of rotatable bonds is 5. The van der Waals surface area contributed by atoms with Crippen LogP contribution in [0.1, 0.15) is 39.8 Å². The van der Waals surface area contributed by atoms with Crippen LogP contribution in [0.4, 0.5) is 5.82 Å². The monoisotopic (exact) mass is 274 g/mol. The normalized spacial score (nSPS) is 13.7. The Morgan fingerprint density at radius 2 is 2.10 bits per heavy atom. The highest BCUT2D eigenvalue weighted by atomic mass is 15.3. The second kappa shape index (κ2) is 5.44. The van der Waals surface area contributed by atoms with E-state index in [-0.39, 0.29) is 11.6 Å². The third-order valence-electron chi connectivity index (χ3n) is 4.21. The number of anilines is 1. The highest BCUT2D eigenvalue weighted by molar-refractivity contribution is 5.57. The second-order valence-electron chi connectivity index (χ2n) is 6.22. The van der Waals surface area contributed by atoms with E-state index < -0.39 is 0 Å². The molecule has 0 bridgehead atoms. The molecule has 0 spiro atoms. The van der Waals surface area contributed by atoms with E-state index in [2.05, 4.69) is 43.3 Å². The molecular formula is C16H26N4. The third kappa shape index (κ3) is 2.66. The van der Waals surface area contributed by atoms with Gasteiger partial charge in [-0.25, -0.2) is 4.98 Å². The summed E-state index contributed by atoms with van der Waals surface area (Å²) in [5, 5.41) is 0. The molecule has 0 saturated carbocycles. The van der Waals surface area contributed by atoms with Gasteiger partial charge in [-0.05, 0) is 39.3 Å². The summed E-state index contributed by atoms with van der Waals surface area (Å²) in [6.07, 6.45) is 3.95. The Hall–Kier alpha value is -1.55.